The van der Waals surface area contributed by atoms with Gasteiger partial charge >= 0.3 is 0 Å². The first-order valence-corrected chi connectivity index (χ1v) is 6.85. The second kappa shape index (κ2) is 4.06. The minimum absolute atomic E-state index is 0.408. The van der Waals surface area contributed by atoms with Crippen LogP contribution in [0.2, 0.25) is 5.02 Å². The Kier molecular flexibility index (Phi) is 3.05. The molecule has 1 aliphatic rings. The summed E-state index contributed by atoms with van der Waals surface area (Å²) in [6.45, 7) is 12.4. The summed E-state index contributed by atoms with van der Waals surface area (Å²) in [4.78, 5) is 0. The lowest BCUT2D eigenvalue weighted by Crippen LogP contribution is -2.09. The Hall–Kier alpha value is -0.890. The van der Waals surface area contributed by atoms with Crippen molar-refractivity contribution < 1.29 is 0 Å². The van der Waals surface area contributed by atoms with Gasteiger partial charge in [-0.3, -0.25) is 0 Å². The standard InChI is InChI=1S/C15H23ClN2/c1-9-6-11(17)10(16)7-12(9)18-8-13-14(2,3)15(13,4)5/h6-7,13,18H,8,17H2,1-5H3. The van der Waals surface area contributed by atoms with Crippen molar-refractivity contribution in [3.05, 3.63) is 22.7 Å². The lowest BCUT2D eigenvalue weighted by Gasteiger charge is -2.12. The number of benzene rings is 1. The van der Waals surface area contributed by atoms with Gasteiger partial charge in [-0.25, -0.2) is 0 Å². The molecule has 0 aliphatic heterocycles. The first-order valence-electron chi connectivity index (χ1n) is 6.47. The van der Waals surface area contributed by atoms with E-state index in [-0.39, 0.29) is 0 Å². The summed E-state index contributed by atoms with van der Waals surface area (Å²) in [5, 5.41) is 4.14. The molecule has 0 heterocycles. The molecule has 100 valence electrons. The zero-order valence-corrected chi connectivity index (χ0v) is 12.7. The van der Waals surface area contributed by atoms with Gasteiger partial charge in [0.15, 0.2) is 0 Å². The van der Waals surface area contributed by atoms with Gasteiger partial charge in [-0.2, -0.15) is 0 Å². The van der Waals surface area contributed by atoms with E-state index in [4.69, 9.17) is 17.3 Å². The van der Waals surface area contributed by atoms with Crippen molar-refractivity contribution in [2.24, 2.45) is 16.7 Å². The molecule has 1 aromatic carbocycles. The van der Waals surface area contributed by atoms with Crippen LogP contribution in [-0.4, -0.2) is 6.54 Å². The number of aryl methyl sites for hydroxylation is 1. The molecule has 2 rings (SSSR count). The molecular formula is C15H23ClN2. The van der Waals surface area contributed by atoms with Crippen LogP contribution in [0.5, 0.6) is 0 Å². The molecule has 0 saturated heterocycles. The van der Waals surface area contributed by atoms with Crippen molar-refractivity contribution >= 4 is 23.0 Å². The number of anilines is 2. The summed E-state index contributed by atoms with van der Waals surface area (Å²) in [7, 11) is 0. The van der Waals surface area contributed by atoms with Gasteiger partial charge in [0, 0.05) is 12.2 Å². The van der Waals surface area contributed by atoms with Crippen molar-refractivity contribution in [1.82, 2.24) is 0 Å². The molecule has 1 aliphatic carbocycles. The van der Waals surface area contributed by atoms with Crippen LogP contribution in [0, 0.1) is 23.7 Å². The highest BCUT2D eigenvalue weighted by molar-refractivity contribution is 6.33. The van der Waals surface area contributed by atoms with Crippen LogP contribution >= 0.6 is 11.6 Å². The lowest BCUT2D eigenvalue weighted by atomic mass is 10.0. The first kappa shape index (κ1) is 13.5. The molecular weight excluding hydrogens is 244 g/mol. The van der Waals surface area contributed by atoms with Crippen LogP contribution in [0.4, 0.5) is 11.4 Å². The van der Waals surface area contributed by atoms with Gasteiger partial charge in [0.1, 0.15) is 0 Å². The largest absolute Gasteiger partial charge is 0.398 e. The van der Waals surface area contributed by atoms with Gasteiger partial charge in [0.2, 0.25) is 0 Å². The maximum absolute atomic E-state index is 6.06. The van der Waals surface area contributed by atoms with E-state index in [1.807, 2.05) is 12.1 Å². The zero-order valence-electron chi connectivity index (χ0n) is 11.9. The normalized spacial score (nSPS) is 20.8. The smallest absolute Gasteiger partial charge is 0.0656 e. The predicted molar refractivity (Wildman–Crippen MR) is 80.1 cm³/mol. The molecule has 3 heteroatoms. The van der Waals surface area contributed by atoms with Crippen LogP contribution in [0.3, 0.4) is 0 Å². The molecule has 0 atom stereocenters. The van der Waals surface area contributed by atoms with Crippen LogP contribution in [0.25, 0.3) is 0 Å². The van der Waals surface area contributed by atoms with Crippen LogP contribution in [0.15, 0.2) is 12.1 Å². The fourth-order valence-corrected chi connectivity index (χ4v) is 3.11. The number of nitrogens with two attached hydrogens (primary N) is 1. The maximum atomic E-state index is 6.06. The average molecular weight is 267 g/mol. The Morgan fingerprint density at radius 1 is 1.22 bits per heavy atom. The van der Waals surface area contributed by atoms with E-state index < -0.39 is 0 Å². The highest BCUT2D eigenvalue weighted by Gasteiger charge is 2.63. The van der Waals surface area contributed by atoms with Gasteiger partial charge in [-0.05, 0) is 41.4 Å². The number of halogens is 1. The SMILES string of the molecule is Cc1cc(N)c(Cl)cc1NCC1C(C)(C)C1(C)C. The molecule has 0 amide bonds. The van der Waals surface area contributed by atoms with Crippen molar-refractivity contribution in [3.8, 4) is 0 Å². The number of rotatable bonds is 3. The Balaban J connectivity index is 2.07. The molecule has 1 aromatic rings. The fraction of sp³-hybridized carbons (Fsp3) is 0.600. The molecule has 1 fully saturated rings. The molecule has 0 spiro atoms. The van der Waals surface area contributed by atoms with Crippen molar-refractivity contribution in [2.45, 2.75) is 34.6 Å². The molecule has 18 heavy (non-hydrogen) atoms. The Morgan fingerprint density at radius 3 is 2.28 bits per heavy atom. The third-order valence-corrected chi connectivity index (χ3v) is 5.49. The van der Waals surface area contributed by atoms with Gasteiger partial charge in [0.05, 0.1) is 10.7 Å². The van der Waals surface area contributed by atoms with E-state index in [2.05, 4.69) is 39.9 Å². The third-order valence-electron chi connectivity index (χ3n) is 5.16. The van der Waals surface area contributed by atoms with E-state index in [1.54, 1.807) is 0 Å². The summed E-state index contributed by atoms with van der Waals surface area (Å²) in [5.41, 5.74) is 9.48. The molecule has 2 nitrogen and oxygen atoms in total. The predicted octanol–water partition coefficient (Wildman–Crippen LogP) is 4.32. The lowest BCUT2D eigenvalue weighted by molar-refractivity contribution is 0.457. The minimum Gasteiger partial charge on any atom is -0.398 e. The van der Waals surface area contributed by atoms with E-state index in [9.17, 15) is 0 Å². The zero-order chi connectivity index (χ0) is 13.7. The van der Waals surface area contributed by atoms with Gasteiger partial charge in [0.25, 0.3) is 0 Å². The van der Waals surface area contributed by atoms with E-state index >= 15 is 0 Å². The number of hydrogen-bond donors (Lipinski definition) is 2. The van der Waals surface area contributed by atoms with E-state index in [0.29, 0.717) is 27.5 Å². The first-order chi connectivity index (χ1) is 8.18. The summed E-state index contributed by atoms with van der Waals surface area (Å²) >= 11 is 6.06. The molecule has 1 saturated carbocycles. The highest BCUT2D eigenvalue weighted by Crippen LogP contribution is 2.68. The topological polar surface area (TPSA) is 38.0 Å². The number of nitrogen functional groups attached to an aromatic ring is 1. The molecule has 0 unspecified atom stereocenters. The number of nitrogens with one attached hydrogen (secondary N) is 1. The van der Waals surface area contributed by atoms with Crippen LogP contribution in [0.1, 0.15) is 33.3 Å². The van der Waals surface area contributed by atoms with Crippen LogP contribution < -0.4 is 11.1 Å². The Morgan fingerprint density at radius 2 is 1.78 bits per heavy atom. The third kappa shape index (κ3) is 1.97. The van der Waals surface area contributed by atoms with Crippen LogP contribution in [-0.2, 0) is 0 Å². The van der Waals surface area contributed by atoms with Gasteiger partial charge in [-0.1, -0.05) is 39.3 Å². The van der Waals surface area contributed by atoms with Crippen molar-refractivity contribution in [3.63, 3.8) is 0 Å². The molecule has 0 aromatic heterocycles. The minimum atomic E-state index is 0.408. The van der Waals surface area contributed by atoms with Crippen molar-refractivity contribution in [1.29, 1.82) is 0 Å². The monoisotopic (exact) mass is 266 g/mol. The second-order valence-corrected chi connectivity index (χ2v) is 6.97. The Bertz CT molecular complexity index is 464. The number of hydrogen-bond acceptors (Lipinski definition) is 2. The summed E-state index contributed by atoms with van der Waals surface area (Å²) in [5.74, 6) is 0.695. The van der Waals surface area contributed by atoms with E-state index in [1.165, 1.54) is 0 Å². The average Bonchev–Trinajstić information content (AvgIpc) is 2.62. The van der Waals surface area contributed by atoms with Gasteiger partial charge < -0.3 is 11.1 Å². The molecule has 0 bridgehead atoms. The highest BCUT2D eigenvalue weighted by atomic mass is 35.5. The second-order valence-electron chi connectivity index (χ2n) is 6.57. The molecule has 0 radical (unpaired) electrons. The molecule has 3 N–H and O–H groups in total. The van der Waals surface area contributed by atoms with Crippen molar-refractivity contribution in [2.75, 3.05) is 17.6 Å². The maximum Gasteiger partial charge on any atom is 0.0656 e. The summed E-state index contributed by atoms with van der Waals surface area (Å²) < 4.78 is 0. The fourth-order valence-electron chi connectivity index (χ4n) is 2.95. The van der Waals surface area contributed by atoms with E-state index in [0.717, 1.165) is 17.8 Å². The summed E-state index contributed by atoms with van der Waals surface area (Å²) in [6, 6.07) is 3.85. The van der Waals surface area contributed by atoms with Gasteiger partial charge in [-0.15, -0.1) is 0 Å². The summed E-state index contributed by atoms with van der Waals surface area (Å²) in [6.07, 6.45) is 0. The quantitative estimate of drug-likeness (QED) is 0.800. The Labute approximate surface area is 115 Å².